The van der Waals surface area contributed by atoms with Crippen LogP contribution in [-0.2, 0) is 0 Å². The Labute approximate surface area is 100 Å². The second-order valence-corrected chi connectivity index (χ2v) is 4.81. The molecule has 0 atom stereocenters. The molecular weight excluding hydrogens is 212 g/mol. The van der Waals surface area contributed by atoms with E-state index >= 15 is 0 Å². The summed E-state index contributed by atoms with van der Waals surface area (Å²) in [6, 6.07) is 4.63. The van der Waals surface area contributed by atoms with Gasteiger partial charge in [-0.05, 0) is 49.9 Å². The van der Waals surface area contributed by atoms with E-state index in [0.29, 0.717) is 6.04 Å². The number of aryl methyl sites for hydroxylation is 1. The van der Waals surface area contributed by atoms with Gasteiger partial charge in [-0.3, -0.25) is 0 Å². The summed E-state index contributed by atoms with van der Waals surface area (Å²) in [4.78, 5) is 1.83. The molecule has 4 nitrogen and oxygen atoms in total. The van der Waals surface area contributed by atoms with E-state index in [1.54, 1.807) is 0 Å². The third-order valence-electron chi connectivity index (χ3n) is 3.25. The fourth-order valence-electron chi connectivity index (χ4n) is 2.03. The molecule has 0 spiro atoms. The zero-order valence-corrected chi connectivity index (χ0v) is 10.1. The number of nitrogens with two attached hydrogens (primary N) is 1. The van der Waals surface area contributed by atoms with Gasteiger partial charge in [-0.25, -0.2) is 0 Å². The van der Waals surface area contributed by atoms with E-state index < -0.39 is 0 Å². The summed E-state index contributed by atoms with van der Waals surface area (Å²) in [6.07, 6.45) is 4.23. The van der Waals surface area contributed by atoms with Gasteiger partial charge in [0.15, 0.2) is 0 Å². The van der Waals surface area contributed by atoms with Gasteiger partial charge in [-0.2, -0.15) is 15.0 Å². The Bertz CT molecular complexity index is 567. The number of benzene rings is 1. The van der Waals surface area contributed by atoms with E-state index in [-0.39, 0.29) is 0 Å². The average Bonchev–Trinajstić information content (AvgIpc) is 3.02. The monoisotopic (exact) mass is 228 g/mol. The van der Waals surface area contributed by atoms with Crippen LogP contribution in [0.3, 0.4) is 0 Å². The molecule has 88 valence electrons. The fourth-order valence-corrected chi connectivity index (χ4v) is 2.03. The molecule has 1 saturated carbocycles. The number of rotatable bonds is 2. The minimum Gasteiger partial charge on any atom is -0.398 e. The Morgan fingerprint density at radius 1 is 1.29 bits per heavy atom. The molecule has 1 fully saturated rings. The van der Waals surface area contributed by atoms with Gasteiger partial charge in [-0.1, -0.05) is 0 Å². The van der Waals surface area contributed by atoms with Crippen LogP contribution in [0.25, 0.3) is 11.3 Å². The van der Waals surface area contributed by atoms with Crippen LogP contribution in [0.1, 0.15) is 30.0 Å². The van der Waals surface area contributed by atoms with E-state index in [9.17, 15) is 0 Å². The van der Waals surface area contributed by atoms with Crippen molar-refractivity contribution in [3.05, 3.63) is 29.5 Å². The molecule has 1 aliphatic carbocycles. The zero-order chi connectivity index (χ0) is 12.0. The molecule has 2 N–H and O–H groups in total. The van der Waals surface area contributed by atoms with Crippen molar-refractivity contribution < 1.29 is 0 Å². The lowest BCUT2D eigenvalue weighted by Gasteiger charge is -2.07. The molecule has 17 heavy (non-hydrogen) atoms. The largest absolute Gasteiger partial charge is 0.398 e. The SMILES string of the molecule is Cc1cc(N)c(C)c(-c2cnn(C3CC3)n2)c1. The molecule has 1 aliphatic rings. The molecule has 0 aliphatic heterocycles. The Balaban J connectivity index is 2.07. The van der Waals surface area contributed by atoms with Crippen molar-refractivity contribution in [3.8, 4) is 11.3 Å². The topological polar surface area (TPSA) is 56.7 Å². The molecule has 0 radical (unpaired) electrons. The first-order valence-corrected chi connectivity index (χ1v) is 5.94. The van der Waals surface area contributed by atoms with Crippen LogP contribution in [0.5, 0.6) is 0 Å². The second-order valence-electron chi connectivity index (χ2n) is 4.81. The van der Waals surface area contributed by atoms with Gasteiger partial charge in [0.05, 0.1) is 12.2 Å². The van der Waals surface area contributed by atoms with E-state index in [4.69, 9.17) is 5.73 Å². The standard InChI is InChI=1S/C13H16N4/c1-8-5-11(9(2)12(14)6-8)13-7-15-17(16-13)10-3-4-10/h5-7,10H,3-4,14H2,1-2H3. The normalized spacial score (nSPS) is 15.2. The summed E-state index contributed by atoms with van der Waals surface area (Å²) in [5, 5.41) is 8.86. The number of nitrogen functional groups attached to an aromatic ring is 1. The quantitative estimate of drug-likeness (QED) is 0.803. The first-order valence-electron chi connectivity index (χ1n) is 5.94. The molecule has 1 heterocycles. The lowest BCUT2D eigenvalue weighted by Crippen LogP contribution is -1.99. The molecule has 0 unspecified atom stereocenters. The predicted octanol–water partition coefficient (Wildman–Crippen LogP) is 2.48. The molecule has 4 heteroatoms. The summed E-state index contributed by atoms with van der Waals surface area (Å²) in [7, 11) is 0. The van der Waals surface area contributed by atoms with Crippen LogP contribution in [0.2, 0.25) is 0 Å². The van der Waals surface area contributed by atoms with Crippen LogP contribution >= 0.6 is 0 Å². The summed E-state index contributed by atoms with van der Waals surface area (Å²) >= 11 is 0. The van der Waals surface area contributed by atoms with Crippen LogP contribution in [0.15, 0.2) is 18.3 Å². The van der Waals surface area contributed by atoms with Gasteiger partial charge in [0.25, 0.3) is 0 Å². The van der Waals surface area contributed by atoms with Crippen LogP contribution < -0.4 is 5.73 Å². The van der Waals surface area contributed by atoms with Gasteiger partial charge >= 0.3 is 0 Å². The third-order valence-corrected chi connectivity index (χ3v) is 3.25. The Kier molecular flexibility index (Phi) is 2.18. The molecule has 1 aromatic carbocycles. The Morgan fingerprint density at radius 3 is 2.76 bits per heavy atom. The van der Waals surface area contributed by atoms with Crippen molar-refractivity contribution in [1.82, 2.24) is 15.0 Å². The smallest absolute Gasteiger partial charge is 0.113 e. The van der Waals surface area contributed by atoms with Gasteiger partial charge in [0, 0.05) is 11.3 Å². The van der Waals surface area contributed by atoms with Crippen molar-refractivity contribution in [1.29, 1.82) is 0 Å². The van der Waals surface area contributed by atoms with Crippen LogP contribution in [-0.4, -0.2) is 15.0 Å². The fraction of sp³-hybridized carbons (Fsp3) is 0.385. The summed E-state index contributed by atoms with van der Waals surface area (Å²) in [5.74, 6) is 0. The van der Waals surface area contributed by atoms with Gasteiger partial charge in [0.1, 0.15) is 5.69 Å². The molecular formula is C13H16N4. The Morgan fingerprint density at radius 2 is 2.06 bits per heavy atom. The van der Waals surface area contributed by atoms with Crippen molar-refractivity contribution in [2.45, 2.75) is 32.7 Å². The highest BCUT2D eigenvalue weighted by molar-refractivity contribution is 5.70. The van der Waals surface area contributed by atoms with Crippen LogP contribution in [0.4, 0.5) is 5.69 Å². The second kappa shape index (κ2) is 3.58. The average molecular weight is 228 g/mol. The van der Waals surface area contributed by atoms with Crippen molar-refractivity contribution in [2.75, 3.05) is 5.73 Å². The number of hydrogen-bond acceptors (Lipinski definition) is 3. The maximum Gasteiger partial charge on any atom is 0.113 e. The van der Waals surface area contributed by atoms with Gasteiger partial charge < -0.3 is 5.73 Å². The van der Waals surface area contributed by atoms with Gasteiger partial charge in [0.2, 0.25) is 0 Å². The minimum absolute atomic E-state index is 0.520. The molecule has 0 bridgehead atoms. The minimum atomic E-state index is 0.520. The zero-order valence-electron chi connectivity index (χ0n) is 10.1. The van der Waals surface area contributed by atoms with Crippen molar-refractivity contribution in [2.24, 2.45) is 0 Å². The lowest BCUT2D eigenvalue weighted by atomic mass is 10.0. The van der Waals surface area contributed by atoms with E-state index in [1.165, 1.54) is 12.8 Å². The van der Waals surface area contributed by atoms with Crippen molar-refractivity contribution in [3.63, 3.8) is 0 Å². The third kappa shape index (κ3) is 1.79. The highest BCUT2D eigenvalue weighted by Gasteiger charge is 2.26. The summed E-state index contributed by atoms with van der Waals surface area (Å²) in [5.41, 5.74) is 11.1. The highest BCUT2D eigenvalue weighted by atomic mass is 15.5. The van der Waals surface area contributed by atoms with Gasteiger partial charge in [-0.15, -0.1) is 0 Å². The van der Waals surface area contributed by atoms with E-state index in [0.717, 1.165) is 28.1 Å². The summed E-state index contributed by atoms with van der Waals surface area (Å²) in [6.45, 7) is 4.07. The van der Waals surface area contributed by atoms with Crippen LogP contribution in [0, 0.1) is 13.8 Å². The molecule has 1 aromatic heterocycles. The molecule has 2 aromatic rings. The highest BCUT2D eigenvalue weighted by Crippen LogP contribution is 2.34. The molecule has 3 rings (SSSR count). The maximum atomic E-state index is 5.98. The van der Waals surface area contributed by atoms with E-state index in [1.807, 2.05) is 30.9 Å². The molecule has 0 amide bonds. The number of hydrogen-bond donors (Lipinski definition) is 1. The predicted molar refractivity (Wildman–Crippen MR) is 67.6 cm³/mol. The number of aromatic nitrogens is 3. The first-order chi connectivity index (χ1) is 8.15. The maximum absolute atomic E-state index is 5.98. The van der Waals surface area contributed by atoms with E-state index in [2.05, 4.69) is 16.3 Å². The lowest BCUT2D eigenvalue weighted by molar-refractivity contribution is 0.554. The summed E-state index contributed by atoms with van der Waals surface area (Å²) < 4.78 is 0. The first kappa shape index (κ1) is 10.3. The Hall–Kier alpha value is -1.84. The van der Waals surface area contributed by atoms with Crippen molar-refractivity contribution >= 4 is 5.69 Å². The number of nitrogens with zero attached hydrogens (tertiary/aromatic N) is 3. The number of anilines is 1. The molecule has 0 saturated heterocycles.